The van der Waals surface area contributed by atoms with Gasteiger partial charge in [-0.2, -0.15) is 13.5 Å². The predicted molar refractivity (Wildman–Crippen MR) is 94.2 cm³/mol. The molecule has 2 amide bonds. The number of nitrogens with one attached hydrogen (secondary N) is 2. The van der Waals surface area contributed by atoms with E-state index in [4.69, 9.17) is 8.97 Å². The first-order valence-corrected chi connectivity index (χ1v) is 10.8. The van der Waals surface area contributed by atoms with Crippen molar-refractivity contribution >= 4 is 16.4 Å². The van der Waals surface area contributed by atoms with Gasteiger partial charge < -0.3 is 20.0 Å². The Bertz CT molecular complexity index is 810. The van der Waals surface area contributed by atoms with Crippen LogP contribution in [-0.4, -0.2) is 77.4 Å². The summed E-state index contributed by atoms with van der Waals surface area (Å²) in [5.74, 6) is 0.827. The Balaban J connectivity index is 1.34. The van der Waals surface area contributed by atoms with E-state index in [-0.39, 0.29) is 6.54 Å². The molecule has 12 nitrogen and oxygen atoms in total. The summed E-state index contributed by atoms with van der Waals surface area (Å²) in [6.07, 6.45) is 3.82. The summed E-state index contributed by atoms with van der Waals surface area (Å²) in [4.78, 5) is 13.9. The molecule has 3 aliphatic rings. The van der Waals surface area contributed by atoms with Crippen LogP contribution in [-0.2, 0) is 21.1 Å². The van der Waals surface area contributed by atoms with Gasteiger partial charge in [-0.1, -0.05) is 0 Å². The lowest BCUT2D eigenvalue weighted by Crippen LogP contribution is -2.40. The summed E-state index contributed by atoms with van der Waals surface area (Å²) in [6.45, 7) is 3.05. The molecule has 4 heterocycles. The number of hydrogen-bond acceptors (Lipinski definition) is 9. The Morgan fingerprint density at radius 2 is 2.04 bits per heavy atom. The summed E-state index contributed by atoms with van der Waals surface area (Å²) in [6, 6.07) is -1.02. The second-order valence-electron chi connectivity index (χ2n) is 7.27. The van der Waals surface area contributed by atoms with Gasteiger partial charge in [0.05, 0.1) is 6.04 Å². The summed E-state index contributed by atoms with van der Waals surface area (Å²) in [7, 11) is -4.76. The number of hydrogen-bond donors (Lipinski definition) is 3. The van der Waals surface area contributed by atoms with E-state index in [1.54, 1.807) is 0 Å². The Kier molecular flexibility index (Phi) is 5.51. The van der Waals surface area contributed by atoms with Crippen molar-refractivity contribution in [1.82, 2.24) is 30.8 Å². The first kappa shape index (κ1) is 19.5. The second-order valence-corrected chi connectivity index (χ2v) is 8.28. The molecule has 0 aromatic carbocycles. The molecule has 1 aromatic rings. The number of fused-ring (bicyclic) bond motifs is 2. The topological polar surface area (TPSA) is 150 Å². The van der Waals surface area contributed by atoms with Crippen molar-refractivity contribution in [1.29, 1.82) is 0 Å². The van der Waals surface area contributed by atoms with Crippen molar-refractivity contribution in [2.24, 2.45) is 0 Å². The van der Waals surface area contributed by atoms with Crippen LogP contribution < -0.4 is 10.6 Å². The third-order valence-corrected chi connectivity index (χ3v) is 5.72. The van der Waals surface area contributed by atoms with Crippen molar-refractivity contribution in [3.8, 4) is 0 Å². The number of piperidine rings is 2. The maximum absolute atomic E-state index is 12.4. The van der Waals surface area contributed by atoms with Gasteiger partial charge in [0.25, 0.3) is 0 Å². The monoisotopic (exact) mass is 416 g/mol. The minimum atomic E-state index is -4.76. The highest BCUT2D eigenvalue weighted by Crippen LogP contribution is 2.38. The van der Waals surface area contributed by atoms with Gasteiger partial charge >= 0.3 is 16.4 Å². The smallest absolute Gasteiger partial charge is 0.418 e. The first-order chi connectivity index (χ1) is 13.4. The molecule has 1 aromatic heterocycles. The Hall–Kier alpha value is -1.80. The van der Waals surface area contributed by atoms with Crippen molar-refractivity contribution in [2.75, 3.05) is 26.2 Å². The lowest BCUT2D eigenvalue weighted by molar-refractivity contribution is -0.0317. The van der Waals surface area contributed by atoms with E-state index in [0.29, 0.717) is 42.1 Å². The normalized spacial score (nSPS) is 26.2. The number of carbonyl (C=O) groups is 1. The molecule has 3 aliphatic heterocycles. The predicted octanol–water partition coefficient (Wildman–Crippen LogP) is -0.371. The minimum absolute atomic E-state index is 0.272. The third-order valence-electron chi connectivity index (χ3n) is 5.38. The zero-order valence-corrected chi connectivity index (χ0v) is 16.1. The van der Waals surface area contributed by atoms with Crippen molar-refractivity contribution in [2.45, 2.75) is 50.2 Å². The fourth-order valence-electron chi connectivity index (χ4n) is 4.00. The molecule has 1 unspecified atom stereocenters. The standard InChI is InChI=1S/C15H24N6O6S/c22-15-20-9-11(21(15)27-28(23,24)25)1-2-12(20)14-19-18-13(26-14)5-8-17-10-3-6-16-7-4-10/h10-12,16-17H,1-9H2,(H,23,24,25)/t11?,12-/m0/s1. The van der Waals surface area contributed by atoms with Crippen LogP contribution in [0.3, 0.4) is 0 Å². The van der Waals surface area contributed by atoms with Crippen LogP contribution in [0.15, 0.2) is 4.42 Å². The average Bonchev–Trinajstić information content (AvgIpc) is 3.22. The molecule has 0 aliphatic carbocycles. The van der Waals surface area contributed by atoms with Crippen molar-refractivity contribution < 1.29 is 26.5 Å². The largest absolute Gasteiger partial charge is 0.423 e. The molecule has 0 radical (unpaired) electrons. The summed E-state index contributed by atoms with van der Waals surface area (Å²) < 4.78 is 41.0. The van der Waals surface area contributed by atoms with Crippen molar-refractivity contribution in [3.05, 3.63) is 11.8 Å². The molecule has 3 fully saturated rings. The van der Waals surface area contributed by atoms with E-state index >= 15 is 0 Å². The summed E-state index contributed by atoms with van der Waals surface area (Å²) in [5, 5.41) is 15.7. The molecule has 3 N–H and O–H groups in total. The number of amides is 2. The van der Waals surface area contributed by atoms with Gasteiger partial charge in [0.2, 0.25) is 11.8 Å². The van der Waals surface area contributed by atoms with Gasteiger partial charge in [-0.3, -0.25) is 4.55 Å². The Labute approximate surface area is 162 Å². The van der Waals surface area contributed by atoms with E-state index in [0.717, 1.165) is 32.5 Å². The van der Waals surface area contributed by atoms with E-state index in [9.17, 15) is 13.2 Å². The van der Waals surface area contributed by atoms with Crippen molar-refractivity contribution in [3.63, 3.8) is 0 Å². The van der Waals surface area contributed by atoms with Crippen LogP contribution in [0.25, 0.3) is 0 Å². The maximum Gasteiger partial charge on any atom is 0.418 e. The van der Waals surface area contributed by atoms with Gasteiger partial charge in [0.15, 0.2) is 0 Å². The molecule has 2 atom stereocenters. The van der Waals surface area contributed by atoms with Crippen LogP contribution in [0.5, 0.6) is 0 Å². The second kappa shape index (κ2) is 7.91. The number of rotatable bonds is 7. The Morgan fingerprint density at radius 3 is 2.79 bits per heavy atom. The molecule has 156 valence electrons. The number of urea groups is 1. The molecule has 2 bridgehead atoms. The first-order valence-electron chi connectivity index (χ1n) is 9.44. The average molecular weight is 416 g/mol. The van der Waals surface area contributed by atoms with E-state index < -0.39 is 28.5 Å². The molecule has 3 saturated heterocycles. The molecular formula is C15H24N6O6S. The fraction of sp³-hybridized carbons (Fsp3) is 0.800. The van der Waals surface area contributed by atoms with Crippen LogP contribution in [0.2, 0.25) is 0 Å². The molecular weight excluding hydrogens is 392 g/mol. The minimum Gasteiger partial charge on any atom is -0.423 e. The number of aromatic nitrogens is 2. The maximum atomic E-state index is 12.4. The van der Waals surface area contributed by atoms with Gasteiger partial charge in [-0.15, -0.1) is 14.5 Å². The molecule has 28 heavy (non-hydrogen) atoms. The fourth-order valence-corrected chi connectivity index (χ4v) is 4.39. The number of hydroxylamine groups is 2. The molecule has 0 saturated carbocycles. The van der Waals surface area contributed by atoms with Gasteiger partial charge in [-0.25, -0.2) is 4.79 Å². The molecule has 0 spiro atoms. The lowest BCUT2D eigenvalue weighted by atomic mass is 10.0. The zero-order chi connectivity index (χ0) is 19.7. The quantitative estimate of drug-likeness (QED) is 0.502. The summed E-state index contributed by atoms with van der Waals surface area (Å²) in [5.41, 5.74) is 0. The Morgan fingerprint density at radius 1 is 1.25 bits per heavy atom. The number of carbonyl (C=O) groups excluding carboxylic acids is 1. The third kappa shape index (κ3) is 4.27. The number of nitrogens with zero attached hydrogens (tertiary/aromatic N) is 4. The highest BCUT2D eigenvalue weighted by atomic mass is 32.3. The van der Waals surface area contributed by atoms with Crippen LogP contribution >= 0.6 is 0 Å². The lowest BCUT2D eigenvalue weighted by Gasteiger charge is -2.27. The van der Waals surface area contributed by atoms with Gasteiger partial charge in [-0.05, 0) is 38.8 Å². The highest BCUT2D eigenvalue weighted by molar-refractivity contribution is 7.80. The highest BCUT2D eigenvalue weighted by Gasteiger charge is 2.49. The SMILES string of the molecule is O=C1N(OS(=O)(=O)O)C2CC[C@@H](c3nnc(CCNC4CCNCC4)o3)N1C2. The van der Waals surface area contributed by atoms with E-state index in [1.165, 1.54) is 4.90 Å². The van der Waals surface area contributed by atoms with E-state index in [2.05, 4.69) is 25.1 Å². The zero-order valence-electron chi connectivity index (χ0n) is 15.3. The molecule has 13 heteroatoms. The van der Waals surface area contributed by atoms with Crippen LogP contribution in [0, 0.1) is 0 Å². The van der Waals surface area contributed by atoms with Gasteiger partial charge in [0, 0.05) is 25.6 Å². The molecule has 4 rings (SSSR count). The van der Waals surface area contributed by atoms with Crippen LogP contribution in [0.1, 0.15) is 43.5 Å². The summed E-state index contributed by atoms with van der Waals surface area (Å²) >= 11 is 0. The van der Waals surface area contributed by atoms with Crippen LogP contribution in [0.4, 0.5) is 4.79 Å². The van der Waals surface area contributed by atoms with E-state index in [1.807, 2.05) is 0 Å². The van der Waals surface area contributed by atoms with Gasteiger partial charge in [0.1, 0.15) is 6.04 Å².